The van der Waals surface area contributed by atoms with Gasteiger partial charge in [-0.1, -0.05) is 10.2 Å². The van der Waals surface area contributed by atoms with Gasteiger partial charge >= 0.3 is 0 Å². The Morgan fingerprint density at radius 1 is 1.30 bits per heavy atom. The first kappa shape index (κ1) is 18.8. The Balaban J connectivity index is 1.37. The third-order valence-electron chi connectivity index (χ3n) is 5.06. The topological polar surface area (TPSA) is 47.6 Å². The number of hydrogen-bond acceptors (Lipinski definition) is 5. The zero-order valence-electron chi connectivity index (χ0n) is 15.2. The van der Waals surface area contributed by atoms with E-state index in [4.69, 9.17) is 0 Å². The number of fused-ring (bicyclic) bond motifs is 1. The molecule has 1 amide bonds. The summed E-state index contributed by atoms with van der Waals surface area (Å²) >= 11 is 1.33. The summed E-state index contributed by atoms with van der Waals surface area (Å²) in [6.07, 6.45) is 3.74. The van der Waals surface area contributed by atoms with Crippen LogP contribution < -0.4 is 10.7 Å². The number of amides is 1. The molecule has 5 nitrogen and oxygen atoms in total. The highest BCUT2D eigenvalue weighted by Gasteiger charge is 2.51. The summed E-state index contributed by atoms with van der Waals surface area (Å²) in [5, 5.41) is 2.74. The van der Waals surface area contributed by atoms with Gasteiger partial charge in [0.15, 0.2) is 0 Å². The molecule has 27 heavy (non-hydrogen) atoms. The molecule has 1 aromatic heterocycles. The molecule has 1 unspecified atom stereocenters. The van der Waals surface area contributed by atoms with Crippen LogP contribution in [-0.2, 0) is 0 Å². The van der Waals surface area contributed by atoms with E-state index in [1.54, 1.807) is 6.07 Å². The summed E-state index contributed by atoms with van der Waals surface area (Å²) in [6, 6.07) is 7.54. The summed E-state index contributed by atoms with van der Waals surface area (Å²) in [6.45, 7) is 1.93. The van der Waals surface area contributed by atoms with Gasteiger partial charge in [0.1, 0.15) is 5.82 Å². The zero-order valence-corrected chi connectivity index (χ0v) is 16.8. The molecule has 0 saturated carbocycles. The zero-order chi connectivity index (χ0) is 19.2. The van der Waals surface area contributed by atoms with Gasteiger partial charge in [-0.25, -0.2) is 9.82 Å². The fourth-order valence-corrected chi connectivity index (χ4v) is 7.85. The Bertz CT molecular complexity index is 828. The lowest BCUT2D eigenvalue weighted by molar-refractivity contribution is 0.0518. The standard InChI is InChI=1S/C18H22F2N4OS2/c1-23-9-7-14(8-10-23)22-24(20)27(2)16-11-15(26-18(16)27)17(25)21-13-5-3-12(19)4-6-13/h3-6,11,14,22H,7-10H2,1-2H3,(H,21,25). The Kier molecular flexibility index (Phi) is 4.98. The molecule has 2 N–H and O–H groups in total. The number of nitrogens with one attached hydrogen (secondary N) is 2. The second kappa shape index (κ2) is 7.14. The van der Waals surface area contributed by atoms with Crippen molar-refractivity contribution in [2.45, 2.75) is 28.0 Å². The first-order valence-corrected chi connectivity index (χ1v) is 11.6. The van der Waals surface area contributed by atoms with Crippen LogP contribution in [0.4, 0.5) is 14.6 Å². The van der Waals surface area contributed by atoms with Crippen LogP contribution >= 0.6 is 21.6 Å². The Morgan fingerprint density at radius 2 is 1.96 bits per heavy atom. The number of carbonyl (C=O) groups is 1. The van der Waals surface area contributed by atoms with Gasteiger partial charge in [0.2, 0.25) is 0 Å². The molecule has 2 aliphatic rings. The second-order valence-electron chi connectivity index (χ2n) is 7.05. The van der Waals surface area contributed by atoms with E-state index < -0.39 is 10.2 Å². The Hall–Kier alpha value is -1.52. The number of rotatable bonds is 5. The van der Waals surface area contributed by atoms with Crippen LogP contribution in [0, 0.1) is 5.82 Å². The van der Waals surface area contributed by atoms with Gasteiger partial charge in [0, 0.05) is 16.6 Å². The molecule has 3 heterocycles. The molecule has 1 saturated heterocycles. The van der Waals surface area contributed by atoms with Crippen molar-refractivity contribution >= 4 is 33.1 Å². The number of carbonyl (C=O) groups excluding carboxylic acids is 1. The van der Waals surface area contributed by atoms with Crippen LogP contribution in [0.2, 0.25) is 0 Å². The molecule has 0 radical (unpaired) electrons. The van der Waals surface area contributed by atoms with Crippen LogP contribution in [0.1, 0.15) is 22.5 Å². The van der Waals surface area contributed by atoms with Crippen LogP contribution in [0.3, 0.4) is 0 Å². The summed E-state index contributed by atoms with van der Waals surface area (Å²) in [5.74, 6) is -0.608. The van der Waals surface area contributed by atoms with Crippen molar-refractivity contribution in [3.8, 4) is 0 Å². The summed E-state index contributed by atoms with van der Waals surface area (Å²) in [5.41, 5.74) is 3.55. The number of thiophene rings is 1. The third-order valence-corrected chi connectivity index (χ3v) is 10.0. The quantitative estimate of drug-likeness (QED) is 0.443. The number of benzene rings is 1. The minimum Gasteiger partial charge on any atom is -0.321 e. The highest BCUT2D eigenvalue weighted by atomic mass is 32.3. The normalized spacial score (nSPS) is 25.1. The van der Waals surface area contributed by atoms with Crippen LogP contribution in [0.5, 0.6) is 0 Å². The number of hydrogen-bond donors (Lipinski definition) is 2. The van der Waals surface area contributed by atoms with Crippen LogP contribution in [0.15, 0.2) is 39.4 Å². The molecular formula is C18H22F2N4OS2. The molecule has 9 heteroatoms. The van der Waals surface area contributed by atoms with Gasteiger partial charge in [-0.2, -0.15) is 0 Å². The monoisotopic (exact) mass is 412 g/mol. The van der Waals surface area contributed by atoms with Gasteiger partial charge in [0.05, 0.1) is 9.09 Å². The summed E-state index contributed by atoms with van der Waals surface area (Å²) in [4.78, 5) is 16.1. The number of likely N-dealkylation sites (tertiary alicyclic amines) is 1. The molecular weight excluding hydrogens is 390 g/mol. The highest BCUT2D eigenvalue weighted by molar-refractivity contribution is 8.37. The molecule has 1 atom stereocenters. The SMILES string of the molecule is CN1CCC(NN(F)S2(C)c3cc(C(=O)Nc4ccc(F)cc4)sc32)CC1. The van der Waals surface area contributed by atoms with Crippen molar-refractivity contribution in [1.82, 2.24) is 15.0 Å². The predicted octanol–water partition coefficient (Wildman–Crippen LogP) is 4.01. The first-order valence-electron chi connectivity index (χ1n) is 8.78. The molecule has 0 bridgehead atoms. The average Bonchev–Trinajstić information content (AvgIpc) is 3.01. The van der Waals surface area contributed by atoms with E-state index in [2.05, 4.69) is 22.7 Å². The minimum atomic E-state index is -1.76. The lowest BCUT2D eigenvalue weighted by Gasteiger charge is -2.34. The highest BCUT2D eigenvalue weighted by Crippen LogP contribution is 2.81. The number of piperidine rings is 1. The maximum absolute atomic E-state index is 14.8. The predicted molar refractivity (Wildman–Crippen MR) is 105 cm³/mol. The largest absolute Gasteiger partial charge is 0.321 e. The number of halogens is 2. The number of hydrazine groups is 1. The molecule has 1 aromatic carbocycles. The summed E-state index contributed by atoms with van der Waals surface area (Å²) < 4.78 is 29.5. The fraction of sp³-hybridized carbons (Fsp3) is 0.389. The molecule has 146 valence electrons. The maximum Gasteiger partial charge on any atom is 0.265 e. The van der Waals surface area contributed by atoms with Crippen molar-refractivity contribution < 1.29 is 13.7 Å². The van der Waals surface area contributed by atoms with E-state index in [1.165, 1.54) is 35.6 Å². The van der Waals surface area contributed by atoms with Gasteiger partial charge in [-0.05, 0) is 74.2 Å². The van der Waals surface area contributed by atoms with E-state index >= 15 is 0 Å². The second-order valence-corrected chi connectivity index (χ2v) is 11.3. The van der Waals surface area contributed by atoms with Crippen LogP contribution in [-0.4, -0.2) is 47.9 Å². The van der Waals surface area contributed by atoms with Gasteiger partial charge in [-0.3, -0.25) is 4.79 Å². The molecule has 0 aliphatic carbocycles. The van der Waals surface area contributed by atoms with E-state index in [0.717, 1.165) is 39.7 Å². The molecule has 2 aromatic rings. The lowest BCUT2D eigenvalue weighted by atomic mass is 10.1. The smallest absolute Gasteiger partial charge is 0.265 e. The minimum absolute atomic E-state index is 0.147. The molecule has 0 spiro atoms. The molecule has 1 fully saturated rings. The number of nitrogens with zero attached hydrogens (tertiary/aromatic N) is 2. The van der Waals surface area contributed by atoms with E-state index in [-0.39, 0.29) is 17.8 Å². The first-order chi connectivity index (χ1) is 12.9. The third kappa shape index (κ3) is 3.62. The maximum atomic E-state index is 14.8. The van der Waals surface area contributed by atoms with Crippen LogP contribution in [0.25, 0.3) is 0 Å². The van der Waals surface area contributed by atoms with Crippen molar-refractivity contribution in [2.24, 2.45) is 0 Å². The van der Waals surface area contributed by atoms with E-state index in [1.807, 2.05) is 6.26 Å². The van der Waals surface area contributed by atoms with Crippen molar-refractivity contribution in [3.05, 3.63) is 41.0 Å². The molecule has 2 aliphatic heterocycles. The Morgan fingerprint density at radius 3 is 2.56 bits per heavy atom. The van der Waals surface area contributed by atoms with E-state index in [9.17, 15) is 13.7 Å². The lowest BCUT2D eigenvalue weighted by Crippen LogP contribution is -2.45. The van der Waals surface area contributed by atoms with Crippen molar-refractivity contribution in [1.29, 1.82) is 0 Å². The van der Waals surface area contributed by atoms with Gasteiger partial charge in [0.25, 0.3) is 5.91 Å². The number of anilines is 1. The Labute approximate surface area is 162 Å². The van der Waals surface area contributed by atoms with Crippen molar-refractivity contribution in [2.75, 3.05) is 31.7 Å². The van der Waals surface area contributed by atoms with Gasteiger partial charge < -0.3 is 10.2 Å². The molecule has 4 rings (SSSR count). The van der Waals surface area contributed by atoms with E-state index in [0.29, 0.717) is 10.6 Å². The fourth-order valence-electron chi connectivity index (χ4n) is 3.22. The average molecular weight is 413 g/mol. The summed E-state index contributed by atoms with van der Waals surface area (Å²) in [7, 11) is 0.315. The van der Waals surface area contributed by atoms with Gasteiger partial charge in [-0.15, -0.1) is 15.8 Å². The van der Waals surface area contributed by atoms with Crippen molar-refractivity contribution in [3.63, 3.8) is 0 Å².